The summed E-state index contributed by atoms with van der Waals surface area (Å²) >= 11 is 0. The maximum Gasteiger partial charge on any atom is 0.371 e. The van der Waals surface area contributed by atoms with Crippen molar-refractivity contribution in [3.8, 4) is 0 Å². The number of unbranched alkanes of at least 4 members (excludes halogenated alkanes) is 1. The van der Waals surface area contributed by atoms with Crippen LogP contribution in [0, 0.1) is 6.92 Å². The Bertz CT molecular complexity index is 848. The molecular weight excluding hydrogens is 294 g/mol. The van der Waals surface area contributed by atoms with Crippen molar-refractivity contribution >= 4 is 17.1 Å². The molecule has 6 heteroatoms. The van der Waals surface area contributed by atoms with Gasteiger partial charge in [0.15, 0.2) is 5.65 Å². The number of hydrogen-bond donors (Lipinski definition) is 1. The molecule has 0 aliphatic carbocycles. The van der Waals surface area contributed by atoms with Gasteiger partial charge in [0.25, 0.3) is 0 Å². The smallest absolute Gasteiger partial charge is 0.371 e. The van der Waals surface area contributed by atoms with Gasteiger partial charge in [0.1, 0.15) is 17.1 Å². The molecule has 6 nitrogen and oxygen atoms in total. The lowest BCUT2D eigenvalue weighted by Crippen LogP contribution is -2.05. The number of fused-ring (bicyclic) bond motifs is 1. The van der Waals surface area contributed by atoms with Gasteiger partial charge in [-0.2, -0.15) is 0 Å². The summed E-state index contributed by atoms with van der Waals surface area (Å²) in [6.45, 7) is 4.56. The molecule has 0 aromatic carbocycles. The summed E-state index contributed by atoms with van der Waals surface area (Å²) in [5, 5.41) is 8.97. The van der Waals surface area contributed by atoms with Crippen LogP contribution in [0.3, 0.4) is 0 Å². The van der Waals surface area contributed by atoms with E-state index >= 15 is 0 Å². The largest absolute Gasteiger partial charge is 0.475 e. The molecule has 0 amide bonds. The van der Waals surface area contributed by atoms with Crippen LogP contribution in [-0.2, 0) is 13.0 Å². The maximum absolute atomic E-state index is 10.9. The van der Waals surface area contributed by atoms with Crippen LogP contribution in [0.4, 0.5) is 0 Å². The Labute approximate surface area is 133 Å². The van der Waals surface area contributed by atoms with Gasteiger partial charge >= 0.3 is 5.97 Å². The van der Waals surface area contributed by atoms with Gasteiger partial charge in [0.05, 0.1) is 6.54 Å². The summed E-state index contributed by atoms with van der Waals surface area (Å²) in [6.07, 6.45) is 4.80. The normalized spacial score (nSPS) is 11.2. The molecule has 0 unspecified atom stereocenters. The summed E-state index contributed by atoms with van der Waals surface area (Å²) < 4.78 is 7.38. The van der Waals surface area contributed by atoms with Gasteiger partial charge in [0.2, 0.25) is 5.76 Å². The van der Waals surface area contributed by atoms with Crippen molar-refractivity contribution in [1.29, 1.82) is 0 Å². The van der Waals surface area contributed by atoms with Crippen molar-refractivity contribution < 1.29 is 14.3 Å². The molecule has 0 aliphatic rings. The van der Waals surface area contributed by atoms with E-state index in [9.17, 15) is 4.79 Å². The third-order valence-corrected chi connectivity index (χ3v) is 3.74. The fourth-order valence-corrected chi connectivity index (χ4v) is 2.58. The van der Waals surface area contributed by atoms with Gasteiger partial charge in [-0.1, -0.05) is 13.3 Å². The van der Waals surface area contributed by atoms with E-state index in [-0.39, 0.29) is 5.76 Å². The van der Waals surface area contributed by atoms with E-state index in [0.717, 1.165) is 41.8 Å². The number of aryl methyl sites for hydroxylation is 2. The SMILES string of the molecule is CCCCc1nc2cc(C)cnc2n1Cc1ccc(C(=O)O)o1. The van der Waals surface area contributed by atoms with Gasteiger partial charge in [-0.15, -0.1) is 0 Å². The number of aromatic nitrogens is 3. The first-order valence-electron chi connectivity index (χ1n) is 7.72. The second kappa shape index (κ2) is 6.24. The molecule has 1 N–H and O–H groups in total. The predicted molar refractivity (Wildman–Crippen MR) is 85.6 cm³/mol. The number of nitrogens with zero attached hydrogens (tertiary/aromatic N) is 3. The van der Waals surface area contributed by atoms with Crippen LogP contribution in [0.15, 0.2) is 28.8 Å². The van der Waals surface area contributed by atoms with E-state index in [2.05, 4.69) is 11.9 Å². The van der Waals surface area contributed by atoms with Crippen molar-refractivity contribution in [2.24, 2.45) is 0 Å². The summed E-state index contributed by atoms with van der Waals surface area (Å²) in [6, 6.07) is 5.17. The Morgan fingerprint density at radius 1 is 1.39 bits per heavy atom. The molecule has 0 bridgehead atoms. The minimum Gasteiger partial charge on any atom is -0.475 e. The summed E-state index contributed by atoms with van der Waals surface area (Å²) in [7, 11) is 0. The first-order chi connectivity index (χ1) is 11.1. The molecular formula is C17H19N3O3. The molecule has 0 atom stereocenters. The zero-order valence-corrected chi connectivity index (χ0v) is 13.2. The number of imidazole rings is 1. The number of furan rings is 1. The monoisotopic (exact) mass is 313 g/mol. The molecule has 0 aliphatic heterocycles. The highest BCUT2D eigenvalue weighted by molar-refractivity contribution is 5.84. The maximum atomic E-state index is 10.9. The van der Waals surface area contributed by atoms with Gasteiger partial charge < -0.3 is 14.1 Å². The third-order valence-electron chi connectivity index (χ3n) is 3.74. The summed E-state index contributed by atoms with van der Waals surface area (Å²) in [4.78, 5) is 20.1. The molecule has 3 aromatic rings. The predicted octanol–water partition coefficient (Wildman–Crippen LogP) is 3.42. The molecule has 3 aromatic heterocycles. The minimum absolute atomic E-state index is 0.0525. The van der Waals surface area contributed by atoms with Crippen LogP contribution >= 0.6 is 0 Å². The lowest BCUT2D eigenvalue weighted by molar-refractivity contribution is 0.0660. The van der Waals surface area contributed by atoms with Crippen molar-refractivity contribution in [3.63, 3.8) is 0 Å². The topological polar surface area (TPSA) is 81.2 Å². The van der Waals surface area contributed by atoms with Crippen molar-refractivity contribution in [2.45, 2.75) is 39.7 Å². The van der Waals surface area contributed by atoms with Gasteiger partial charge in [-0.25, -0.2) is 14.8 Å². The number of aromatic carboxylic acids is 1. The average Bonchev–Trinajstić information content (AvgIpc) is 3.11. The van der Waals surface area contributed by atoms with Crippen molar-refractivity contribution in [1.82, 2.24) is 14.5 Å². The number of rotatable bonds is 6. The van der Waals surface area contributed by atoms with E-state index in [1.54, 1.807) is 6.07 Å². The van der Waals surface area contributed by atoms with Gasteiger partial charge in [-0.3, -0.25) is 0 Å². The number of carboxylic acid groups (broad SMARTS) is 1. The fourth-order valence-electron chi connectivity index (χ4n) is 2.58. The molecule has 0 radical (unpaired) electrons. The van der Waals surface area contributed by atoms with E-state index in [0.29, 0.717) is 12.3 Å². The quantitative estimate of drug-likeness (QED) is 0.754. The van der Waals surface area contributed by atoms with Gasteiger partial charge in [-0.05, 0) is 37.1 Å². The number of carboxylic acids is 1. The Morgan fingerprint density at radius 3 is 2.91 bits per heavy atom. The van der Waals surface area contributed by atoms with Crippen molar-refractivity contribution in [3.05, 3.63) is 47.3 Å². The highest BCUT2D eigenvalue weighted by atomic mass is 16.4. The second-order valence-corrected chi connectivity index (χ2v) is 5.64. The van der Waals surface area contributed by atoms with E-state index in [4.69, 9.17) is 14.5 Å². The molecule has 0 spiro atoms. The molecule has 120 valence electrons. The standard InChI is InChI=1S/C17H19N3O3/c1-3-4-5-15-19-13-8-11(2)9-18-16(13)20(15)10-12-6-7-14(23-12)17(21)22/h6-9H,3-5,10H2,1-2H3,(H,21,22). The molecule has 0 saturated heterocycles. The lowest BCUT2D eigenvalue weighted by Gasteiger charge is -2.06. The van der Waals surface area contributed by atoms with Crippen LogP contribution in [0.2, 0.25) is 0 Å². The number of carbonyl (C=O) groups is 1. The summed E-state index contributed by atoms with van der Waals surface area (Å²) in [5.41, 5.74) is 2.73. The van der Waals surface area contributed by atoms with Crippen LogP contribution in [0.5, 0.6) is 0 Å². The van der Waals surface area contributed by atoms with Gasteiger partial charge in [0, 0.05) is 12.6 Å². The highest BCUT2D eigenvalue weighted by Crippen LogP contribution is 2.19. The van der Waals surface area contributed by atoms with Crippen LogP contribution in [0.1, 0.15) is 47.5 Å². The molecule has 3 rings (SSSR count). The Balaban J connectivity index is 2.00. The van der Waals surface area contributed by atoms with Crippen LogP contribution in [0.25, 0.3) is 11.2 Å². The number of pyridine rings is 1. The Kier molecular flexibility index (Phi) is 4.14. The first kappa shape index (κ1) is 15.3. The molecule has 3 heterocycles. The van der Waals surface area contributed by atoms with E-state index in [1.807, 2.05) is 23.8 Å². The third kappa shape index (κ3) is 3.11. The lowest BCUT2D eigenvalue weighted by atomic mass is 10.2. The highest BCUT2D eigenvalue weighted by Gasteiger charge is 2.15. The molecule has 23 heavy (non-hydrogen) atoms. The van der Waals surface area contributed by atoms with E-state index < -0.39 is 5.97 Å². The second-order valence-electron chi connectivity index (χ2n) is 5.64. The minimum atomic E-state index is -1.06. The average molecular weight is 313 g/mol. The summed E-state index contributed by atoms with van der Waals surface area (Å²) in [5.74, 6) is 0.421. The van der Waals surface area contributed by atoms with Crippen LogP contribution in [-0.4, -0.2) is 25.6 Å². The molecule has 0 saturated carbocycles. The zero-order valence-electron chi connectivity index (χ0n) is 13.2. The fraction of sp³-hybridized carbons (Fsp3) is 0.353. The Hall–Kier alpha value is -2.63. The van der Waals surface area contributed by atoms with Crippen LogP contribution < -0.4 is 0 Å². The molecule has 0 fully saturated rings. The van der Waals surface area contributed by atoms with Crippen molar-refractivity contribution in [2.75, 3.05) is 0 Å². The van der Waals surface area contributed by atoms with E-state index in [1.165, 1.54) is 6.07 Å². The first-order valence-corrected chi connectivity index (χ1v) is 7.72. The number of hydrogen-bond acceptors (Lipinski definition) is 4. The Morgan fingerprint density at radius 2 is 2.22 bits per heavy atom. The zero-order chi connectivity index (χ0) is 16.4.